The molecule has 0 bridgehead atoms. The highest BCUT2D eigenvalue weighted by molar-refractivity contribution is 9.10. The highest BCUT2D eigenvalue weighted by Gasteiger charge is 2.14. The molecule has 0 saturated carbocycles. The smallest absolute Gasteiger partial charge is 0.244 e. The SMILES string of the molecule is C[C@H](NC(=O)Cn1nnc(-c2ccc(F)cc2)n1)c1ccccc1Br. The maximum absolute atomic E-state index is 13.0. The lowest BCUT2D eigenvalue weighted by atomic mass is 10.1. The van der Waals surface area contributed by atoms with E-state index < -0.39 is 0 Å². The zero-order chi connectivity index (χ0) is 17.8. The second-order valence-electron chi connectivity index (χ2n) is 5.46. The predicted octanol–water partition coefficient (Wildman–Crippen LogP) is 3.12. The average molecular weight is 404 g/mol. The van der Waals surface area contributed by atoms with Crippen molar-refractivity contribution in [3.63, 3.8) is 0 Å². The Morgan fingerprint density at radius 1 is 1.24 bits per heavy atom. The summed E-state index contributed by atoms with van der Waals surface area (Å²) in [6, 6.07) is 13.3. The number of carbonyl (C=O) groups is 1. The van der Waals surface area contributed by atoms with Crippen LogP contribution in [0.1, 0.15) is 18.5 Å². The first kappa shape index (κ1) is 17.2. The summed E-state index contributed by atoms with van der Waals surface area (Å²) in [6.07, 6.45) is 0. The Labute approximate surface area is 152 Å². The number of aromatic nitrogens is 4. The van der Waals surface area contributed by atoms with Crippen molar-refractivity contribution in [2.75, 3.05) is 0 Å². The Hall–Kier alpha value is -2.61. The van der Waals surface area contributed by atoms with E-state index in [4.69, 9.17) is 0 Å². The van der Waals surface area contributed by atoms with Gasteiger partial charge in [0.25, 0.3) is 0 Å². The molecule has 1 aromatic heterocycles. The van der Waals surface area contributed by atoms with Gasteiger partial charge in [-0.05, 0) is 48.0 Å². The van der Waals surface area contributed by atoms with E-state index in [1.807, 2.05) is 31.2 Å². The summed E-state index contributed by atoms with van der Waals surface area (Å²) in [5, 5.41) is 14.8. The molecule has 6 nitrogen and oxygen atoms in total. The Morgan fingerprint density at radius 2 is 1.96 bits per heavy atom. The lowest BCUT2D eigenvalue weighted by Gasteiger charge is -2.15. The van der Waals surface area contributed by atoms with Crippen LogP contribution < -0.4 is 5.32 Å². The van der Waals surface area contributed by atoms with Gasteiger partial charge in [0.2, 0.25) is 11.7 Å². The highest BCUT2D eigenvalue weighted by atomic mass is 79.9. The number of benzene rings is 2. The fourth-order valence-electron chi connectivity index (χ4n) is 2.34. The van der Waals surface area contributed by atoms with Crippen molar-refractivity contribution in [2.24, 2.45) is 0 Å². The van der Waals surface area contributed by atoms with Crippen LogP contribution in [0, 0.1) is 5.82 Å². The van der Waals surface area contributed by atoms with Gasteiger partial charge in [0.05, 0.1) is 6.04 Å². The highest BCUT2D eigenvalue weighted by Crippen LogP contribution is 2.22. The first-order chi connectivity index (χ1) is 12.0. The largest absolute Gasteiger partial charge is 0.348 e. The first-order valence-corrected chi connectivity index (χ1v) is 8.40. The van der Waals surface area contributed by atoms with E-state index in [9.17, 15) is 9.18 Å². The number of amides is 1. The molecule has 0 aliphatic heterocycles. The lowest BCUT2D eigenvalue weighted by Crippen LogP contribution is -2.31. The Bertz CT molecular complexity index is 881. The number of carbonyl (C=O) groups excluding carboxylic acids is 1. The molecule has 0 unspecified atom stereocenters. The molecule has 3 rings (SSSR count). The van der Waals surface area contributed by atoms with Gasteiger partial charge in [-0.3, -0.25) is 4.79 Å². The third kappa shape index (κ3) is 4.27. The van der Waals surface area contributed by atoms with E-state index in [0.29, 0.717) is 11.4 Å². The standard InChI is InChI=1S/C17H15BrFN5O/c1-11(14-4-2-3-5-15(14)18)20-16(25)10-24-22-17(21-23-24)12-6-8-13(19)9-7-12/h2-9,11H,10H2,1H3,(H,20,25)/t11-/m0/s1. The predicted molar refractivity (Wildman–Crippen MR) is 93.9 cm³/mol. The molecule has 0 fully saturated rings. The Kier molecular flexibility index (Phi) is 5.18. The number of tetrazole rings is 1. The van der Waals surface area contributed by atoms with Crippen molar-refractivity contribution in [2.45, 2.75) is 19.5 Å². The minimum Gasteiger partial charge on any atom is -0.348 e. The van der Waals surface area contributed by atoms with Gasteiger partial charge in [0.1, 0.15) is 12.4 Å². The normalized spacial score (nSPS) is 12.0. The summed E-state index contributed by atoms with van der Waals surface area (Å²) in [7, 11) is 0. The van der Waals surface area contributed by atoms with Crippen LogP contribution in [0.3, 0.4) is 0 Å². The number of nitrogens with zero attached hydrogens (tertiary/aromatic N) is 4. The number of halogens is 2. The van der Waals surface area contributed by atoms with Crippen LogP contribution in [0.25, 0.3) is 11.4 Å². The second-order valence-corrected chi connectivity index (χ2v) is 6.32. The molecule has 0 spiro atoms. The topological polar surface area (TPSA) is 72.7 Å². The molecule has 3 aromatic rings. The van der Waals surface area contributed by atoms with Gasteiger partial charge in [0.15, 0.2) is 0 Å². The van der Waals surface area contributed by atoms with Crippen molar-refractivity contribution in [1.82, 2.24) is 25.5 Å². The molecule has 25 heavy (non-hydrogen) atoms. The third-order valence-corrected chi connectivity index (χ3v) is 4.31. The van der Waals surface area contributed by atoms with Crippen molar-refractivity contribution >= 4 is 21.8 Å². The van der Waals surface area contributed by atoms with Crippen LogP contribution >= 0.6 is 15.9 Å². The number of hydrogen-bond acceptors (Lipinski definition) is 4. The minimum absolute atomic E-state index is 0.0526. The van der Waals surface area contributed by atoms with Crippen LogP contribution in [0.2, 0.25) is 0 Å². The van der Waals surface area contributed by atoms with Crippen molar-refractivity contribution in [3.05, 3.63) is 64.4 Å². The number of nitrogens with one attached hydrogen (secondary N) is 1. The fourth-order valence-corrected chi connectivity index (χ4v) is 2.97. The van der Waals surface area contributed by atoms with E-state index in [1.54, 1.807) is 12.1 Å². The maximum Gasteiger partial charge on any atom is 0.244 e. The van der Waals surface area contributed by atoms with Crippen molar-refractivity contribution in [1.29, 1.82) is 0 Å². The van der Waals surface area contributed by atoms with E-state index in [0.717, 1.165) is 10.0 Å². The molecule has 8 heteroatoms. The Balaban J connectivity index is 1.64. The zero-order valence-electron chi connectivity index (χ0n) is 13.4. The first-order valence-electron chi connectivity index (χ1n) is 7.60. The minimum atomic E-state index is -0.337. The van der Waals surface area contributed by atoms with Gasteiger partial charge in [-0.2, -0.15) is 4.80 Å². The van der Waals surface area contributed by atoms with Crippen LogP contribution in [0.4, 0.5) is 4.39 Å². The monoisotopic (exact) mass is 403 g/mol. The van der Waals surface area contributed by atoms with Gasteiger partial charge in [-0.1, -0.05) is 34.1 Å². The molecule has 0 saturated heterocycles. The number of rotatable bonds is 5. The molecule has 0 aliphatic carbocycles. The third-order valence-electron chi connectivity index (χ3n) is 3.59. The molecule has 1 atom stereocenters. The molecule has 1 amide bonds. The summed E-state index contributed by atoms with van der Waals surface area (Å²) >= 11 is 3.47. The summed E-state index contributed by atoms with van der Waals surface area (Å²) in [5.41, 5.74) is 1.61. The van der Waals surface area contributed by atoms with E-state index in [-0.39, 0.29) is 24.3 Å². The van der Waals surface area contributed by atoms with Crippen LogP contribution in [-0.4, -0.2) is 26.1 Å². The molecule has 0 aliphatic rings. The average Bonchev–Trinajstić information content (AvgIpc) is 3.04. The molecule has 128 valence electrons. The van der Waals surface area contributed by atoms with Crippen LogP contribution in [-0.2, 0) is 11.3 Å². The van der Waals surface area contributed by atoms with Crippen LogP contribution in [0.5, 0.6) is 0 Å². The lowest BCUT2D eigenvalue weighted by molar-refractivity contribution is -0.122. The number of hydrogen-bond donors (Lipinski definition) is 1. The maximum atomic E-state index is 13.0. The molecule has 1 N–H and O–H groups in total. The molecule has 1 heterocycles. The zero-order valence-corrected chi connectivity index (χ0v) is 14.9. The van der Waals surface area contributed by atoms with E-state index >= 15 is 0 Å². The molecular formula is C17H15BrFN5O. The van der Waals surface area contributed by atoms with E-state index in [1.165, 1.54) is 16.9 Å². The quantitative estimate of drug-likeness (QED) is 0.710. The second kappa shape index (κ2) is 7.52. The van der Waals surface area contributed by atoms with Gasteiger partial charge in [-0.15, -0.1) is 10.2 Å². The fraction of sp³-hybridized carbons (Fsp3) is 0.176. The van der Waals surface area contributed by atoms with Gasteiger partial charge in [0, 0.05) is 10.0 Å². The molecule has 0 radical (unpaired) electrons. The van der Waals surface area contributed by atoms with Gasteiger partial charge >= 0.3 is 0 Å². The molecule has 2 aromatic carbocycles. The van der Waals surface area contributed by atoms with Gasteiger partial charge < -0.3 is 5.32 Å². The van der Waals surface area contributed by atoms with Crippen molar-refractivity contribution < 1.29 is 9.18 Å². The van der Waals surface area contributed by atoms with E-state index in [2.05, 4.69) is 36.7 Å². The van der Waals surface area contributed by atoms with Crippen LogP contribution in [0.15, 0.2) is 53.0 Å². The van der Waals surface area contributed by atoms with Gasteiger partial charge in [-0.25, -0.2) is 4.39 Å². The summed E-state index contributed by atoms with van der Waals surface area (Å²) in [6.45, 7) is 1.85. The van der Waals surface area contributed by atoms with Crippen molar-refractivity contribution in [3.8, 4) is 11.4 Å². The Morgan fingerprint density at radius 3 is 2.68 bits per heavy atom. The summed E-state index contributed by atoms with van der Waals surface area (Å²) in [4.78, 5) is 13.4. The summed E-state index contributed by atoms with van der Waals surface area (Å²) < 4.78 is 13.9. The summed E-state index contributed by atoms with van der Waals surface area (Å²) in [5.74, 6) is -0.227. The molecular weight excluding hydrogens is 389 g/mol.